The first kappa shape index (κ1) is 14.6. The van der Waals surface area contributed by atoms with E-state index in [1.165, 1.54) is 11.8 Å². The molecule has 0 fully saturated rings. The number of amides is 1. The molecule has 2 N–H and O–H groups in total. The Bertz CT molecular complexity index is 434. The van der Waals surface area contributed by atoms with Crippen LogP contribution in [0.25, 0.3) is 0 Å². The molecule has 0 aliphatic carbocycles. The molecule has 0 saturated heterocycles. The van der Waals surface area contributed by atoms with Crippen LogP contribution < -0.4 is 5.32 Å². The van der Waals surface area contributed by atoms with Gasteiger partial charge in [-0.2, -0.15) is 0 Å². The molecule has 0 radical (unpaired) electrons. The number of thioether (sulfide) groups is 1. The number of hydrogen-bond acceptors (Lipinski definition) is 3. The van der Waals surface area contributed by atoms with E-state index in [2.05, 4.69) is 5.32 Å². The quantitative estimate of drug-likeness (QED) is 0.774. The van der Waals surface area contributed by atoms with Crippen LogP contribution in [-0.2, 0) is 9.59 Å². The molecule has 0 heterocycles. The third kappa shape index (κ3) is 4.41. The number of carbonyl (C=O) groups is 2. The standard InChI is InChI=1S/C13H17NO3S/c1-3-10(13(16)17)14-12(15)8-18-11-7-5-4-6-9(11)2/h4-7,10H,3,8H2,1-2H3,(H,14,15)(H,16,17)/t10-/m0/s1. The fourth-order valence-corrected chi connectivity index (χ4v) is 2.28. The summed E-state index contributed by atoms with van der Waals surface area (Å²) in [6.07, 6.45) is 0.385. The number of aliphatic carboxylic acids is 1. The van der Waals surface area contributed by atoms with Gasteiger partial charge in [0.25, 0.3) is 0 Å². The van der Waals surface area contributed by atoms with E-state index in [1.807, 2.05) is 31.2 Å². The van der Waals surface area contributed by atoms with Crippen LogP contribution in [0.15, 0.2) is 29.2 Å². The number of nitrogens with one attached hydrogen (secondary N) is 1. The molecule has 0 spiro atoms. The average Bonchev–Trinajstić information content (AvgIpc) is 2.34. The minimum Gasteiger partial charge on any atom is -0.480 e. The molecule has 1 aromatic carbocycles. The molecule has 18 heavy (non-hydrogen) atoms. The van der Waals surface area contributed by atoms with Crippen molar-refractivity contribution in [2.75, 3.05) is 5.75 Å². The number of carbonyl (C=O) groups excluding carboxylic acids is 1. The zero-order valence-corrected chi connectivity index (χ0v) is 11.3. The second kappa shape index (κ2) is 7.06. The van der Waals surface area contributed by atoms with E-state index in [1.54, 1.807) is 6.92 Å². The lowest BCUT2D eigenvalue weighted by molar-refractivity contribution is -0.141. The van der Waals surface area contributed by atoms with Crippen LogP contribution in [0.2, 0.25) is 0 Å². The highest BCUT2D eigenvalue weighted by atomic mass is 32.2. The van der Waals surface area contributed by atoms with Crippen LogP contribution in [-0.4, -0.2) is 28.8 Å². The Balaban J connectivity index is 2.47. The summed E-state index contributed by atoms with van der Waals surface area (Å²) in [5.41, 5.74) is 1.11. The molecule has 1 amide bonds. The van der Waals surface area contributed by atoms with E-state index in [4.69, 9.17) is 5.11 Å². The Morgan fingerprint density at radius 1 is 1.39 bits per heavy atom. The largest absolute Gasteiger partial charge is 0.480 e. The molecule has 0 bridgehead atoms. The minimum atomic E-state index is -0.994. The van der Waals surface area contributed by atoms with Crippen molar-refractivity contribution < 1.29 is 14.7 Å². The minimum absolute atomic E-state index is 0.231. The van der Waals surface area contributed by atoms with Crippen LogP contribution >= 0.6 is 11.8 Å². The third-order valence-electron chi connectivity index (χ3n) is 2.49. The fraction of sp³-hybridized carbons (Fsp3) is 0.385. The lowest BCUT2D eigenvalue weighted by atomic mass is 10.2. The van der Waals surface area contributed by atoms with Crippen molar-refractivity contribution in [3.05, 3.63) is 29.8 Å². The van der Waals surface area contributed by atoms with Crippen LogP contribution in [0, 0.1) is 6.92 Å². The summed E-state index contributed by atoms with van der Waals surface area (Å²) < 4.78 is 0. The Morgan fingerprint density at radius 2 is 2.06 bits per heavy atom. The lowest BCUT2D eigenvalue weighted by Gasteiger charge is -2.12. The van der Waals surface area contributed by atoms with Gasteiger partial charge in [-0.25, -0.2) is 4.79 Å². The van der Waals surface area contributed by atoms with Crippen molar-refractivity contribution in [1.29, 1.82) is 0 Å². The number of aryl methyl sites for hydroxylation is 1. The molecule has 0 aliphatic heterocycles. The number of benzene rings is 1. The molecule has 0 unspecified atom stereocenters. The van der Waals surface area contributed by atoms with Crippen molar-refractivity contribution in [3.8, 4) is 0 Å². The van der Waals surface area contributed by atoms with Gasteiger partial charge in [-0.3, -0.25) is 4.79 Å². The van der Waals surface area contributed by atoms with Gasteiger partial charge in [-0.1, -0.05) is 25.1 Å². The van der Waals surface area contributed by atoms with E-state index in [-0.39, 0.29) is 11.7 Å². The van der Waals surface area contributed by atoms with E-state index < -0.39 is 12.0 Å². The number of carboxylic acids is 1. The highest BCUT2D eigenvalue weighted by Gasteiger charge is 2.17. The van der Waals surface area contributed by atoms with Crippen molar-refractivity contribution >= 4 is 23.6 Å². The van der Waals surface area contributed by atoms with E-state index >= 15 is 0 Å². The number of carboxylic acid groups (broad SMARTS) is 1. The van der Waals surface area contributed by atoms with Gasteiger partial charge < -0.3 is 10.4 Å². The topological polar surface area (TPSA) is 66.4 Å². The molecule has 1 aromatic rings. The second-order valence-corrected chi connectivity index (χ2v) is 4.94. The average molecular weight is 267 g/mol. The Hall–Kier alpha value is -1.49. The van der Waals surface area contributed by atoms with Gasteiger partial charge in [0, 0.05) is 4.90 Å². The van der Waals surface area contributed by atoms with Gasteiger partial charge in [0.15, 0.2) is 0 Å². The van der Waals surface area contributed by atoms with Gasteiger partial charge in [0.05, 0.1) is 5.75 Å². The zero-order valence-electron chi connectivity index (χ0n) is 10.5. The summed E-state index contributed by atoms with van der Waals surface area (Å²) in [7, 11) is 0. The Labute approximate surface area is 111 Å². The molecule has 0 saturated carbocycles. The molecule has 1 atom stereocenters. The summed E-state index contributed by atoms with van der Waals surface area (Å²) in [5, 5.41) is 11.3. The molecule has 0 aliphatic rings. The maximum Gasteiger partial charge on any atom is 0.326 e. The highest BCUT2D eigenvalue weighted by molar-refractivity contribution is 8.00. The van der Waals surface area contributed by atoms with Crippen LogP contribution in [0.4, 0.5) is 0 Å². The van der Waals surface area contributed by atoms with Crippen molar-refractivity contribution in [3.63, 3.8) is 0 Å². The summed E-state index contributed by atoms with van der Waals surface area (Å²) in [5.74, 6) is -1.02. The van der Waals surface area contributed by atoms with Crippen molar-refractivity contribution in [2.24, 2.45) is 0 Å². The Kier molecular flexibility index (Phi) is 5.71. The summed E-state index contributed by atoms with van der Waals surface area (Å²) in [6.45, 7) is 3.71. The highest BCUT2D eigenvalue weighted by Crippen LogP contribution is 2.21. The third-order valence-corrected chi connectivity index (χ3v) is 3.67. The van der Waals surface area contributed by atoms with Crippen LogP contribution in [0.3, 0.4) is 0 Å². The normalized spacial score (nSPS) is 11.9. The first-order valence-electron chi connectivity index (χ1n) is 5.75. The molecular weight excluding hydrogens is 250 g/mol. The summed E-state index contributed by atoms with van der Waals surface area (Å²) in [6, 6.07) is 6.99. The van der Waals surface area contributed by atoms with Gasteiger partial charge in [-0.05, 0) is 25.0 Å². The first-order chi connectivity index (χ1) is 8.54. The maximum atomic E-state index is 11.6. The molecular formula is C13H17NO3S. The Morgan fingerprint density at radius 3 is 2.61 bits per heavy atom. The summed E-state index contributed by atoms with van der Waals surface area (Å²) in [4.78, 5) is 23.4. The molecule has 5 heteroatoms. The molecule has 4 nitrogen and oxygen atoms in total. The molecule has 0 aromatic heterocycles. The van der Waals surface area contributed by atoms with Crippen molar-refractivity contribution in [1.82, 2.24) is 5.32 Å². The van der Waals surface area contributed by atoms with Gasteiger partial charge in [0.2, 0.25) is 5.91 Å². The van der Waals surface area contributed by atoms with E-state index in [0.717, 1.165) is 10.5 Å². The smallest absolute Gasteiger partial charge is 0.326 e. The number of hydrogen-bond donors (Lipinski definition) is 2. The second-order valence-electron chi connectivity index (χ2n) is 3.92. The maximum absolute atomic E-state index is 11.6. The SMILES string of the molecule is CC[C@H](NC(=O)CSc1ccccc1C)C(=O)O. The zero-order chi connectivity index (χ0) is 13.5. The lowest BCUT2D eigenvalue weighted by Crippen LogP contribution is -2.41. The predicted octanol–water partition coefficient (Wildman–Crippen LogP) is 2.07. The predicted molar refractivity (Wildman–Crippen MR) is 71.8 cm³/mol. The van der Waals surface area contributed by atoms with E-state index in [9.17, 15) is 9.59 Å². The van der Waals surface area contributed by atoms with Crippen LogP contribution in [0.1, 0.15) is 18.9 Å². The monoisotopic (exact) mass is 267 g/mol. The van der Waals surface area contributed by atoms with E-state index in [0.29, 0.717) is 6.42 Å². The number of rotatable bonds is 6. The first-order valence-corrected chi connectivity index (χ1v) is 6.73. The summed E-state index contributed by atoms with van der Waals surface area (Å²) >= 11 is 1.41. The van der Waals surface area contributed by atoms with Crippen molar-refractivity contribution in [2.45, 2.75) is 31.2 Å². The molecule has 98 valence electrons. The fourth-order valence-electron chi connectivity index (χ4n) is 1.44. The van der Waals surface area contributed by atoms with Gasteiger partial charge in [-0.15, -0.1) is 11.8 Å². The van der Waals surface area contributed by atoms with Crippen LogP contribution in [0.5, 0.6) is 0 Å². The van der Waals surface area contributed by atoms with Gasteiger partial charge in [0.1, 0.15) is 6.04 Å². The molecule has 1 rings (SSSR count). The van der Waals surface area contributed by atoms with Gasteiger partial charge >= 0.3 is 5.97 Å².